The number of benzene rings is 1. The molecule has 1 aromatic carbocycles. The van der Waals surface area contributed by atoms with Gasteiger partial charge in [0.05, 0.1) is 5.52 Å². The SMILES string of the molecule is OCc1ccc(COc2ccc3cccnc3c2)o1. The van der Waals surface area contributed by atoms with Crippen molar-refractivity contribution in [2.24, 2.45) is 0 Å². The van der Waals surface area contributed by atoms with Gasteiger partial charge in [-0.15, -0.1) is 0 Å². The average Bonchev–Trinajstić information content (AvgIpc) is 2.93. The van der Waals surface area contributed by atoms with E-state index in [1.807, 2.05) is 30.3 Å². The Kier molecular flexibility index (Phi) is 3.16. The van der Waals surface area contributed by atoms with E-state index in [2.05, 4.69) is 4.98 Å². The van der Waals surface area contributed by atoms with Gasteiger partial charge in [-0.05, 0) is 30.3 Å². The van der Waals surface area contributed by atoms with Gasteiger partial charge in [0.25, 0.3) is 0 Å². The average molecular weight is 255 g/mol. The summed E-state index contributed by atoms with van der Waals surface area (Å²) in [6.45, 7) is 0.234. The lowest BCUT2D eigenvalue weighted by atomic mass is 10.2. The van der Waals surface area contributed by atoms with Gasteiger partial charge in [0, 0.05) is 17.6 Å². The summed E-state index contributed by atoms with van der Waals surface area (Å²) in [5, 5.41) is 9.99. The molecule has 1 N–H and O–H groups in total. The van der Waals surface area contributed by atoms with Crippen molar-refractivity contribution in [1.29, 1.82) is 0 Å². The highest BCUT2D eigenvalue weighted by Gasteiger charge is 2.03. The van der Waals surface area contributed by atoms with Crippen molar-refractivity contribution in [3.63, 3.8) is 0 Å². The number of fused-ring (bicyclic) bond motifs is 1. The molecule has 4 nitrogen and oxygen atoms in total. The third kappa shape index (κ3) is 2.58. The van der Waals surface area contributed by atoms with Crippen LogP contribution in [0.1, 0.15) is 11.5 Å². The van der Waals surface area contributed by atoms with E-state index in [0.717, 1.165) is 16.7 Å². The maximum Gasteiger partial charge on any atom is 0.146 e. The Bertz CT molecular complexity index is 690. The summed E-state index contributed by atoms with van der Waals surface area (Å²) in [7, 11) is 0. The molecule has 19 heavy (non-hydrogen) atoms. The Labute approximate surface area is 110 Å². The van der Waals surface area contributed by atoms with Gasteiger partial charge in [-0.2, -0.15) is 0 Å². The Hall–Kier alpha value is -2.33. The monoisotopic (exact) mass is 255 g/mol. The Morgan fingerprint density at radius 2 is 2.00 bits per heavy atom. The third-order valence-electron chi connectivity index (χ3n) is 2.83. The van der Waals surface area contributed by atoms with Gasteiger partial charge in [-0.3, -0.25) is 4.98 Å². The van der Waals surface area contributed by atoms with Gasteiger partial charge >= 0.3 is 0 Å². The molecule has 0 spiro atoms. The molecule has 0 bridgehead atoms. The minimum Gasteiger partial charge on any atom is -0.486 e. The molecule has 0 saturated carbocycles. The fraction of sp³-hybridized carbons (Fsp3) is 0.133. The molecule has 0 unspecified atom stereocenters. The topological polar surface area (TPSA) is 55.5 Å². The van der Waals surface area contributed by atoms with Crippen LogP contribution in [0.5, 0.6) is 5.75 Å². The van der Waals surface area contributed by atoms with Crippen LogP contribution in [-0.2, 0) is 13.2 Å². The van der Waals surface area contributed by atoms with E-state index in [4.69, 9.17) is 14.3 Å². The molecule has 0 aliphatic heterocycles. The van der Waals surface area contributed by atoms with Crippen LogP contribution in [-0.4, -0.2) is 10.1 Å². The summed E-state index contributed by atoms with van der Waals surface area (Å²) in [5.74, 6) is 1.97. The van der Waals surface area contributed by atoms with E-state index in [9.17, 15) is 0 Å². The van der Waals surface area contributed by atoms with Crippen molar-refractivity contribution in [3.05, 3.63) is 60.2 Å². The van der Waals surface area contributed by atoms with Crippen molar-refractivity contribution in [2.75, 3.05) is 0 Å². The Balaban J connectivity index is 1.74. The van der Waals surface area contributed by atoms with Crippen molar-refractivity contribution in [2.45, 2.75) is 13.2 Å². The predicted molar refractivity (Wildman–Crippen MR) is 70.7 cm³/mol. The zero-order valence-corrected chi connectivity index (χ0v) is 10.2. The first-order chi connectivity index (χ1) is 9.35. The minimum atomic E-state index is -0.0973. The highest BCUT2D eigenvalue weighted by molar-refractivity contribution is 5.79. The second-order valence-corrected chi connectivity index (χ2v) is 4.17. The number of aliphatic hydroxyl groups excluding tert-OH is 1. The number of hydrogen-bond acceptors (Lipinski definition) is 4. The summed E-state index contributed by atoms with van der Waals surface area (Å²) >= 11 is 0. The maximum absolute atomic E-state index is 8.91. The largest absolute Gasteiger partial charge is 0.486 e. The molecule has 3 rings (SSSR count). The highest BCUT2D eigenvalue weighted by Crippen LogP contribution is 2.20. The molecule has 0 atom stereocenters. The minimum absolute atomic E-state index is 0.0973. The van der Waals surface area contributed by atoms with Crippen molar-refractivity contribution < 1.29 is 14.3 Å². The second kappa shape index (κ2) is 5.12. The normalized spacial score (nSPS) is 10.8. The van der Waals surface area contributed by atoms with E-state index < -0.39 is 0 Å². The standard InChI is InChI=1S/C15H13NO3/c17-9-13-5-6-14(19-13)10-18-12-4-3-11-2-1-7-16-15(11)8-12/h1-8,17H,9-10H2. The molecule has 0 amide bonds. The first kappa shape index (κ1) is 11.7. The van der Waals surface area contributed by atoms with Gasteiger partial charge in [0.2, 0.25) is 0 Å². The zero-order chi connectivity index (χ0) is 13.1. The van der Waals surface area contributed by atoms with Crippen LogP contribution in [0, 0.1) is 0 Å². The Morgan fingerprint density at radius 3 is 2.84 bits per heavy atom. The number of rotatable bonds is 4. The van der Waals surface area contributed by atoms with Crippen molar-refractivity contribution in [1.82, 2.24) is 4.98 Å². The van der Waals surface area contributed by atoms with Crippen LogP contribution >= 0.6 is 0 Å². The molecular weight excluding hydrogens is 242 g/mol. The fourth-order valence-corrected chi connectivity index (χ4v) is 1.88. The van der Waals surface area contributed by atoms with Crippen molar-refractivity contribution in [3.8, 4) is 5.75 Å². The van der Waals surface area contributed by atoms with E-state index in [-0.39, 0.29) is 6.61 Å². The van der Waals surface area contributed by atoms with Crippen LogP contribution in [0.2, 0.25) is 0 Å². The molecule has 2 heterocycles. The van der Waals surface area contributed by atoms with Crippen LogP contribution in [0.4, 0.5) is 0 Å². The number of nitrogens with zero attached hydrogens (tertiary/aromatic N) is 1. The van der Waals surface area contributed by atoms with Crippen LogP contribution < -0.4 is 4.74 Å². The number of pyridine rings is 1. The predicted octanol–water partition coefficient (Wildman–Crippen LogP) is 2.90. The van der Waals surface area contributed by atoms with E-state index in [1.165, 1.54) is 0 Å². The van der Waals surface area contributed by atoms with Crippen LogP contribution in [0.15, 0.2) is 53.1 Å². The molecule has 0 saturated heterocycles. The molecular formula is C15H13NO3. The number of aliphatic hydroxyl groups is 1. The summed E-state index contributed by atoms with van der Waals surface area (Å²) in [5.41, 5.74) is 0.899. The van der Waals surface area contributed by atoms with Crippen molar-refractivity contribution >= 4 is 10.9 Å². The molecule has 0 fully saturated rings. The fourth-order valence-electron chi connectivity index (χ4n) is 1.88. The van der Waals surface area contributed by atoms with Gasteiger partial charge in [-0.1, -0.05) is 6.07 Å². The first-order valence-corrected chi connectivity index (χ1v) is 6.01. The molecule has 0 aliphatic carbocycles. The number of ether oxygens (including phenoxy) is 1. The molecule has 2 aromatic heterocycles. The first-order valence-electron chi connectivity index (χ1n) is 6.01. The Morgan fingerprint density at radius 1 is 1.11 bits per heavy atom. The quantitative estimate of drug-likeness (QED) is 0.778. The number of hydrogen-bond donors (Lipinski definition) is 1. The second-order valence-electron chi connectivity index (χ2n) is 4.17. The van der Waals surface area contributed by atoms with E-state index in [1.54, 1.807) is 18.3 Å². The highest BCUT2D eigenvalue weighted by atomic mass is 16.5. The lowest BCUT2D eigenvalue weighted by molar-refractivity contribution is 0.225. The summed E-state index contributed by atoms with van der Waals surface area (Å²) in [6.07, 6.45) is 1.76. The van der Waals surface area contributed by atoms with Gasteiger partial charge in [0.1, 0.15) is 30.5 Å². The lowest BCUT2D eigenvalue weighted by Crippen LogP contribution is -1.93. The molecule has 96 valence electrons. The summed E-state index contributed by atoms with van der Waals surface area (Å²) in [4.78, 5) is 4.28. The summed E-state index contributed by atoms with van der Waals surface area (Å²) in [6, 6.07) is 13.2. The smallest absolute Gasteiger partial charge is 0.146 e. The van der Waals surface area contributed by atoms with Gasteiger partial charge in [0.15, 0.2) is 0 Å². The zero-order valence-electron chi connectivity index (χ0n) is 10.2. The molecule has 0 radical (unpaired) electrons. The van der Waals surface area contributed by atoms with Gasteiger partial charge < -0.3 is 14.3 Å². The van der Waals surface area contributed by atoms with Gasteiger partial charge in [-0.25, -0.2) is 0 Å². The molecule has 0 aliphatic rings. The lowest BCUT2D eigenvalue weighted by Gasteiger charge is -2.05. The molecule has 3 aromatic rings. The summed E-state index contributed by atoms with van der Waals surface area (Å²) < 4.78 is 11.0. The van der Waals surface area contributed by atoms with Crippen LogP contribution in [0.25, 0.3) is 10.9 Å². The van der Waals surface area contributed by atoms with E-state index in [0.29, 0.717) is 18.1 Å². The number of furan rings is 1. The number of aromatic nitrogens is 1. The third-order valence-corrected chi connectivity index (χ3v) is 2.83. The maximum atomic E-state index is 8.91. The van der Waals surface area contributed by atoms with E-state index >= 15 is 0 Å². The van der Waals surface area contributed by atoms with Crippen LogP contribution in [0.3, 0.4) is 0 Å². The molecule has 4 heteroatoms.